The highest BCUT2D eigenvalue weighted by atomic mass is 32.2. The molecule has 0 unspecified atom stereocenters. The number of rotatable bonds is 8. The van der Waals surface area contributed by atoms with E-state index in [-0.39, 0.29) is 34.8 Å². The summed E-state index contributed by atoms with van der Waals surface area (Å²) < 4.78 is 33.1. The minimum Gasteiger partial charge on any atom is -0.408 e. The molecule has 0 aliphatic heterocycles. The molecule has 6 fully saturated rings. The zero-order valence-corrected chi connectivity index (χ0v) is 21.9. The first-order valence-corrected chi connectivity index (χ1v) is 15.0. The number of aromatic nitrogens is 4. The van der Waals surface area contributed by atoms with Crippen molar-refractivity contribution in [3.63, 3.8) is 0 Å². The third kappa shape index (κ3) is 2.40. The molecule has 3 heterocycles. The quantitative estimate of drug-likeness (QED) is 0.229. The smallest absolute Gasteiger partial charge is 0.408 e. The van der Waals surface area contributed by atoms with Crippen LogP contribution in [0.15, 0.2) is 45.7 Å². The van der Waals surface area contributed by atoms with Gasteiger partial charge in [-0.1, -0.05) is 6.07 Å². The van der Waals surface area contributed by atoms with E-state index in [2.05, 4.69) is 30.4 Å². The van der Waals surface area contributed by atoms with Crippen LogP contribution in [0.25, 0.3) is 16.7 Å². The van der Waals surface area contributed by atoms with Gasteiger partial charge in [0.15, 0.2) is 11.2 Å². The van der Waals surface area contributed by atoms with E-state index in [9.17, 15) is 22.8 Å². The maximum atomic E-state index is 13.4. The third-order valence-electron chi connectivity index (χ3n) is 10.5. The van der Waals surface area contributed by atoms with E-state index < -0.39 is 21.7 Å². The number of nitrogens with one attached hydrogen (secondary N) is 4. The lowest BCUT2D eigenvalue weighted by Gasteiger charge is -3.11. The molecule has 0 spiro atoms. The lowest BCUT2D eigenvalue weighted by Crippen LogP contribution is -3.15. The Morgan fingerprint density at radius 2 is 1.80 bits per heavy atom. The molecule has 2 amide bonds. The summed E-state index contributed by atoms with van der Waals surface area (Å²) in [4.78, 5) is 44.7. The van der Waals surface area contributed by atoms with Crippen LogP contribution in [0.3, 0.4) is 0 Å². The lowest BCUT2D eigenvalue weighted by molar-refractivity contribution is -0.621. The van der Waals surface area contributed by atoms with Crippen molar-refractivity contribution in [2.75, 3.05) is 12.8 Å². The number of aromatic amines is 1. The van der Waals surface area contributed by atoms with Gasteiger partial charge in [0.25, 0.3) is 11.8 Å². The Morgan fingerprint density at radius 1 is 1.05 bits per heavy atom. The first-order valence-electron chi connectivity index (χ1n) is 13.2. The van der Waals surface area contributed by atoms with Crippen LogP contribution in [0.5, 0.6) is 0 Å². The van der Waals surface area contributed by atoms with Gasteiger partial charge in [-0.05, 0) is 58.6 Å². The molecule has 14 heteroatoms. The number of benzene rings is 1. The number of fused-ring (bicyclic) bond motifs is 2. The summed E-state index contributed by atoms with van der Waals surface area (Å²) in [6, 6.07) is 8.18. The van der Waals surface area contributed by atoms with Gasteiger partial charge in [0.1, 0.15) is 11.4 Å². The average molecular weight is 562 g/mol. The first-order chi connectivity index (χ1) is 19.1. The molecule has 1 aromatic carbocycles. The van der Waals surface area contributed by atoms with Gasteiger partial charge in [0.2, 0.25) is 10.0 Å². The Hall–Kier alpha value is -4.04. The van der Waals surface area contributed by atoms with Crippen LogP contribution in [-0.4, -0.2) is 58.2 Å². The van der Waals surface area contributed by atoms with Gasteiger partial charge in [-0.2, -0.15) is 5.10 Å². The van der Waals surface area contributed by atoms with E-state index in [0.717, 1.165) is 5.56 Å². The van der Waals surface area contributed by atoms with Crippen LogP contribution in [0.2, 0.25) is 0 Å². The molecule has 6 aliphatic rings. The van der Waals surface area contributed by atoms with Crippen molar-refractivity contribution >= 4 is 38.6 Å². The highest BCUT2D eigenvalue weighted by molar-refractivity contribution is 7.88. The van der Waals surface area contributed by atoms with Gasteiger partial charge >= 0.3 is 5.76 Å². The first kappa shape index (κ1) is 22.7. The normalized spacial score (nSPS) is 35.1. The van der Waals surface area contributed by atoms with Crippen molar-refractivity contribution in [2.45, 2.75) is 12.1 Å². The summed E-state index contributed by atoms with van der Waals surface area (Å²) >= 11 is 0. The molecule has 3 aromatic heterocycles. The van der Waals surface area contributed by atoms with Gasteiger partial charge in [0.05, 0.1) is 18.0 Å². The number of amides is 2. The van der Waals surface area contributed by atoms with Gasteiger partial charge < -0.3 is 15.1 Å². The van der Waals surface area contributed by atoms with E-state index in [1.165, 1.54) is 23.0 Å². The molecule has 6 aliphatic carbocycles. The molecular weight excluding hydrogens is 538 g/mol. The fourth-order valence-corrected chi connectivity index (χ4v) is 10.6. The fourth-order valence-electron chi connectivity index (χ4n) is 9.53. The topological polar surface area (TPSA) is 181 Å². The van der Waals surface area contributed by atoms with Crippen molar-refractivity contribution in [3.8, 4) is 0 Å². The van der Waals surface area contributed by atoms with E-state index in [0.29, 0.717) is 58.8 Å². The largest absolute Gasteiger partial charge is 0.417 e. The lowest BCUT2D eigenvalue weighted by atomic mass is 8.94. The summed E-state index contributed by atoms with van der Waals surface area (Å²) in [5.74, 6) is 1.31. The summed E-state index contributed by atoms with van der Waals surface area (Å²) in [6.07, 6.45) is 2.75. The predicted octanol–water partition coefficient (Wildman–Crippen LogP) is -0.137. The maximum Gasteiger partial charge on any atom is 0.417 e. The van der Waals surface area contributed by atoms with Gasteiger partial charge in [0, 0.05) is 30.8 Å². The molecule has 6 saturated carbocycles. The van der Waals surface area contributed by atoms with Crippen molar-refractivity contribution < 1.29 is 22.4 Å². The SMILES string of the molecule is CS(=O)(=O)NC12C3C4C1C1C2C3C41CNC(=O)c1cc(C(=O)NCc2ccc3oc(=O)[nH]c3c2)nc2ccnn12. The van der Waals surface area contributed by atoms with Gasteiger partial charge in [-0.25, -0.2) is 27.4 Å². The van der Waals surface area contributed by atoms with E-state index in [1.807, 2.05) is 0 Å². The van der Waals surface area contributed by atoms with Crippen molar-refractivity contribution in [1.82, 2.24) is 34.9 Å². The summed E-state index contributed by atoms with van der Waals surface area (Å²) in [5.41, 5.74) is 2.28. The third-order valence-corrected chi connectivity index (χ3v) is 11.2. The Balaban J connectivity index is 0.904. The van der Waals surface area contributed by atoms with Crippen LogP contribution >= 0.6 is 0 Å². The molecule has 0 atom stereocenters. The number of carbonyl (C=O) groups is 2. The summed E-state index contributed by atoms with van der Waals surface area (Å²) in [7, 11) is -3.24. The van der Waals surface area contributed by atoms with Crippen LogP contribution in [0.1, 0.15) is 26.5 Å². The molecular formula is C26H23N7O6S. The van der Waals surface area contributed by atoms with E-state index in [1.54, 1.807) is 24.3 Å². The maximum absolute atomic E-state index is 13.4. The number of hydrogen-bond donors (Lipinski definition) is 4. The number of hydrogen-bond acceptors (Lipinski definition) is 8. The average Bonchev–Trinajstić information content (AvgIpc) is 3.55. The molecule has 204 valence electrons. The predicted molar refractivity (Wildman–Crippen MR) is 137 cm³/mol. The molecule has 0 saturated heterocycles. The minimum absolute atomic E-state index is 0.0844. The Bertz CT molecular complexity index is 1950. The number of H-pyrrole nitrogens is 1. The molecule has 10 rings (SSSR count). The van der Waals surface area contributed by atoms with Crippen LogP contribution in [-0.2, 0) is 16.6 Å². The van der Waals surface area contributed by atoms with E-state index >= 15 is 0 Å². The van der Waals surface area contributed by atoms with Crippen molar-refractivity contribution in [1.29, 1.82) is 0 Å². The second kappa shape index (κ2) is 6.81. The van der Waals surface area contributed by atoms with E-state index in [4.69, 9.17) is 4.42 Å². The molecule has 4 aromatic rings. The van der Waals surface area contributed by atoms with Crippen LogP contribution in [0, 0.1) is 40.9 Å². The fraction of sp³-hybridized carbons (Fsp3) is 0.423. The second-order valence-electron chi connectivity index (χ2n) is 11.9. The highest BCUT2D eigenvalue weighted by Crippen LogP contribution is 3.06. The standard InChI is InChI=1S/C26H23N7O6S/c1-40(37,38)32-26-19-16-20(26)18-21(26)17(19)25(16,18)9-28-23(35)13-7-12(30-15-4-5-29-33(13)15)22(34)27-8-10-2-3-14-11(6-10)31-24(36)39-14/h2-7,16-21,32H,8-9H2,1H3,(H,27,34)(H,28,35)(H,31,36). The number of nitrogens with zero attached hydrogens (tertiary/aromatic N) is 3. The molecule has 0 bridgehead atoms. The number of carbonyl (C=O) groups excluding carboxylic acids is 2. The summed E-state index contributed by atoms with van der Waals surface area (Å²) in [6.45, 7) is 0.719. The molecule has 13 nitrogen and oxygen atoms in total. The molecule has 40 heavy (non-hydrogen) atoms. The Labute approximate surface area is 225 Å². The zero-order valence-electron chi connectivity index (χ0n) is 21.0. The van der Waals surface area contributed by atoms with Crippen molar-refractivity contribution in [2.24, 2.45) is 40.9 Å². The van der Waals surface area contributed by atoms with Crippen molar-refractivity contribution in [3.05, 3.63) is 64.0 Å². The van der Waals surface area contributed by atoms with Crippen LogP contribution < -0.4 is 21.1 Å². The van der Waals surface area contributed by atoms with Gasteiger partial charge in [-0.15, -0.1) is 0 Å². The highest BCUT2D eigenvalue weighted by Gasteiger charge is 3.10. The summed E-state index contributed by atoms with van der Waals surface area (Å²) in [5, 5.41) is 10.1. The van der Waals surface area contributed by atoms with Gasteiger partial charge in [-0.3, -0.25) is 14.6 Å². The monoisotopic (exact) mass is 561 g/mol. The Morgan fingerprint density at radius 3 is 2.52 bits per heavy atom. The Kier molecular flexibility index (Phi) is 3.87. The number of sulfonamides is 1. The second-order valence-corrected chi connectivity index (χ2v) is 13.7. The van der Waals surface area contributed by atoms with Crippen LogP contribution in [0.4, 0.5) is 0 Å². The number of oxazole rings is 1. The molecule has 4 N–H and O–H groups in total. The molecule has 0 radical (unpaired) electrons. The zero-order chi connectivity index (χ0) is 27.3. The minimum atomic E-state index is -3.24.